The maximum absolute atomic E-state index is 11.9. The third-order valence-corrected chi connectivity index (χ3v) is 4.46. The zero-order valence-electron chi connectivity index (χ0n) is 10.1. The van der Waals surface area contributed by atoms with Crippen LogP contribution in [0.3, 0.4) is 0 Å². The Bertz CT molecular complexity index is 785. The lowest BCUT2D eigenvalue weighted by molar-refractivity contribution is -0.132. The Balaban J connectivity index is 2.12. The molecule has 1 heteroatoms. The summed E-state index contributed by atoms with van der Waals surface area (Å²) in [4.78, 5) is 11.9. The van der Waals surface area contributed by atoms with Gasteiger partial charge in [0.2, 0.25) is 0 Å². The molecule has 0 heterocycles. The molecular formula is C17H14O. The summed E-state index contributed by atoms with van der Waals surface area (Å²) in [6, 6.07) is 12.8. The standard InChI is InChI=1S/C17H14O/c18-16-8-10-17(16)9-7-13-6-5-12-3-1-2-4-14(12)15(13)11-17/h1-7,11H,8-10H2. The minimum Gasteiger partial charge on any atom is -0.299 e. The van der Waals surface area contributed by atoms with Crippen LogP contribution in [0, 0.1) is 5.41 Å². The fourth-order valence-electron chi connectivity index (χ4n) is 3.20. The topological polar surface area (TPSA) is 17.1 Å². The maximum atomic E-state index is 11.9. The van der Waals surface area contributed by atoms with Crippen molar-refractivity contribution < 1.29 is 4.79 Å². The van der Waals surface area contributed by atoms with Crippen LogP contribution in [0.25, 0.3) is 22.9 Å². The van der Waals surface area contributed by atoms with Crippen molar-refractivity contribution in [2.75, 3.05) is 0 Å². The van der Waals surface area contributed by atoms with Crippen LogP contribution in [-0.2, 0) is 4.79 Å². The van der Waals surface area contributed by atoms with Gasteiger partial charge in [-0.15, -0.1) is 0 Å². The molecule has 4 rings (SSSR count). The first kappa shape index (κ1) is 10.1. The number of benzene rings is 2. The van der Waals surface area contributed by atoms with Crippen molar-refractivity contribution >= 4 is 28.7 Å². The van der Waals surface area contributed by atoms with Gasteiger partial charge in [0.15, 0.2) is 0 Å². The molecule has 0 N–H and O–H groups in total. The largest absolute Gasteiger partial charge is 0.299 e. The van der Waals surface area contributed by atoms with Gasteiger partial charge >= 0.3 is 0 Å². The molecule has 0 radical (unpaired) electrons. The molecule has 0 amide bonds. The summed E-state index contributed by atoms with van der Waals surface area (Å²) in [5.74, 6) is 0.414. The molecule has 0 aliphatic heterocycles. The van der Waals surface area contributed by atoms with Crippen molar-refractivity contribution in [2.24, 2.45) is 5.41 Å². The van der Waals surface area contributed by atoms with E-state index >= 15 is 0 Å². The van der Waals surface area contributed by atoms with Crippen LogP contribution >= 0.6 is 0 Å². The number of Topliss-reactive ketones (excluding diaryl/α,β-unsaturated/α-hetero) is 1. The fraction of sp³-hybridized carbons (Fsp3) is 0.235. The summed E-state index contributed by atoms with van der Waals surface area (Å²) >= 11 is 0. The summed E-state index contributed by atoms with van der Waals surface area (Å²) in [7, 11) is 0. The summed E-state index contributed by atoms with van der Waals surface area (Å²) in [5.41, 5.74) is -0.170. The second kappa shape index (κ2) is 3.32. The molecule has 2 aliphatic carbocycles. The van der Waals surface area contributed by atoms with Crippen molar-refractivity contribution in [1.82, 2.24) is 0 Å². The normalized spacial score (nSPS) is 25.2. The molecule has 1 saturated carbocycles. The summed E-state index contributed by atoms with van der Waals surface area (Å²) in [6.07, 6.45) is 7.13. The average molecular weight is 234 g/mol. The lowest BCUT2D eigenvalue weighted by Gasteiger charge is -2.38. The maximum Gasteiger partial charge on any atom is 0.143 e. The number of ketones is 1. The average Bonchev–Trinajstić information content (AvgIpc) is 2.45. The number of carbonyl (C=O) groups excluding carboxylic acids is 1. The van der Waals surface area contributed by atoms with Gasteiger partial charge in [-0.1, -0.05) is 48.6 Å². The van der Waals surface area contributed by atoms with E-state index in [0.717, 1.165) is 19.3 Å². The van der Waals surface area contributed by atoms with Crippen LogP contribution in [0.2, 0.25) is 0 Å². The minimum absolute atomic E-state index is 0.170. The van der Waals surface area contributed by atoms with Crippen molar-refractivity contribution in [3.05, 3.63) is 46.8 Å². The highest BCUT2D eigenvalue weighted by Crippen LogP contribution is 2.43. The second-order valence-corrected chi connectivity index (χ2v) is 5.42. The summed E-state index contributed by atoms with van der Waals surface area (Å²) in [5, 5.41) is 5.06. The number of carbonyl (C=O) groups is 1. The molecule has 0 aromatic heterocycles. The Morgan fingerprint density at radius 1 is 1.06 bits per heavy atom. The quantitative estimate of drug-likeness (QED) is 0.682. The molecule has 2 aromatic rings. The lowest BCUT2D eigenvalue weighted by Crippen LogP contribution is -2.44. The monoisotopic (exact) mass is 234 g/mol. The van der Waals surface area contributed by atoms with E-state index in [2.05, 4.69) is 48.6 Å². The molecule has 1 spiro atoms. The molecule has 0 bridgehead atoms. The summed E-state index contributed by atoms with van der Waals surface area (Å²) < 4.78 is 0. The Morgan fingerprint density at radius 2 is 1.94 bits per heavy atom. The van der Waals surface area contributed by atoms with E-state index in [-0.39, 0.29) is 5.41 Å². The number of hydrogen-bond acceptors (Lipinski definition) is 1. The Hall–Kier alpha value is -1.89. The molecular weight excluding hydrogens is 220 g/mol. The highest BCUT2D eigenvalue weighted by atomic mass is 16.1. The SMILES string of the molecule is O=C1CCC12C=c1c(ccc3ccccc13)=CC2. The van der Waals surface area contributed by atoms with Gasteiger partial charge < -0.3 is 0 Å². The molecule has 1 nitrogen and oxygen atoms in total. The molecule has 88 valence electrons. The summed E-state index contributed by atoms with van der Waals surface area (Å²) in [6.45, 7) is 0. The van der Waals surface area contributed by atoms with Gasteiger partial charge in [-0.05, 0) is 34.1 Å². The molecule has 2 aromatic carbocycles. The predicted molar refractivity (Wildman–Crippen MR) is 73.4 cm³/mol. The van der Waals surface area contributed by atoms with E-state index in [1.165, 1.54) is 21.2 Å². The molecule has 1 atom stereocenters. The van der Waals surface area contributed by atoms with Gasteiger partial charge in [0.25, 0.3) is 0 Å². The van der Waals surface area contributed by atoms with Gasteiger partial charge in [-0.3, -0.25) is 4.79 Å². The Morgan fingerprint density at radius 3 is 2.72 bits per heavy atom. The van der Waals surface area contributed by atoms with Gasteiger partial charge in [-0.25, -0.2) is 0 Å². The predicted octanol–water partition coefficient (Wildman–Crippen LogP) is 2.15. The van der Waals surface area contributed by atoms with Gasteiger partial charge in [0.1, 0.15) is 5.78 Å². The molecule has 0 saturated heterocycles. The second-order valence-electron chi connectivity index (χ2n) is 5.42. The number of hydrogen-bond donors (Lipinski definition) is 0. The first-order valence-corrected chi connectivity index (χ1v) is 6.53. The van der Waals surface area contributed by atoms with E-state index in [1.807, 2.05) is 0 Å². The van der Waals surface area contributed by atoms with E-state index in [9.17, 15) is 4.79 Å². The molecule has 1 fully saturated rings. The Labute approximate surface area is 105 Å². The zero-order chi connectivity index (χ0) is 12.2. The van der Waals surface area contributed by atoms with Crippen LogP contribution in [0.5, 0.6) is 0 Å². The van der Waals surface area contributed by atoms with E-state index in [1.54, 1.807) is 0 Å². The van der Waals surface area contributed by atoms with Gasteiger partial charge in [-0.2, -0.15) is 0 Å². The molecule has 1 unspecified atom stereocenters. The zero-order valence-corrected chi connectivity index (χ0v) is 10.1. The van der Waals surface area contributed by atoms with Gasteiger partial charge in [0, 0.05) is 6.42 Å². The van der Waals surface area contributed by atoms with Crippen molar-refractivity contribution in [2.45, 2.75) is 19.3 Å². The molecule has 18 heavy (non-hydrogen) atoms. The van der Waals surface area contributed by atoms with Crippen molar-refractivity contribution in [1.29, 1.82) is 0 Å². The van der Waals surface area contributed by atoms with E-state index in [4.69, 9.17) is 0 Å². The first-order valence-electron chi connectivity index (χ1n) is 6.53. The van der Waals surface area contributed by atoms with Crippen molar-refractivity contribution in [3.8, 4) is 0 Å². The number of rotatable bonds is 0. The highest BCUT2D eigenvalue weighted by molar-refractivity contribution is 5.98. The van der Waals surface area contributed by atoms with E-state index < -0.39 is 0 Å². The minimum atomic E-state index is -0.170. The van der Waals surface area contributed by atoms with Crippen LogP contribution in [0.15, 0.2) is 36.4 Å². The third kappa shape index (κ3) is 1.19. The smallest absolute Gasteiger partial charge is 0.143 e. The third-order valence-electron chi connectivity index (χ3n) is 4.46. The van der Waals surface area contributed by atoms with Crippen LogP contribution in [0.4, 0.5) is 0 Å². The van der Waals surface area contributed by atoms with E-state index in [0.29, 0.717) is 5.78 Å². The fourth-order valence-corrected chi connectivity index (χ4v) is 3.20. The highest BCUT2D eigenvalue weighted by Gasteiger charge is 2.43. The molecule has 2 aliphatic rings. The Kier molecular flexibility index (Phi) is 1.86. The van der Waals surface area contributed by atoms with Crippen LogP contribution < -0.4 is 10.4 Å². The van der Waals surface area contributed by atoms with Crippen LogP contribution in [0.1, 0.15) is 19.3 Å². The van der Waals surface area contributed by atoms with Gasteiger partial charge in [0.05, 0.1) is 5.41 Å². The number of fused-ring (bicyclic) bond motifs is 3. The van der Waals surface area contributed by atoms with Crippen molar-refractivity contribution in [3.63, 3.8) is 0 Å². The lowest BCUT2D eigenvalue weighted by atomic mass is 9.63. The first-order chi connectivity index (χ1) is 8.78. The van der Waals surface area contributed by atoms with Crippen LogP contribution in [-0.4, -0.2) is 5.78 Å².